The fraction of sp³-hybridized carbons (Fsp3) is 0. The Morgan fingerprint density at radius 1 is 0.800 bits per heavy atom. The maximum atomic E-state index is 13.2. The first-order valence-corrected chi connectivity index (χ1v) is 12.3. The van der Waals surface area contributed by atoms with Crippen molar-refractivity contribution >= 4 is 61.4 Å². The van der Waals surface area contributed by atoms with Crippen LogP contribution in [0.5, 0.6) is 0 Å². The van der Waals surface area contributed by atoms with Gasteiger partial charge in [0.1, 0.15) is 16.5 Å². The molecule has 8 nitrogen and oxygen atoms in total. The summed E-state index contributed by atoms with van der Waals surface area (Å²) in [5.41, 5.74) is 0.720. The van der Waals surface area contributed by atoms with E-state index in [2.05, 4.69) is 15.0 Å². The molecule has 10 heteroatoms. The fourth-order valence-corrected chi connectivity index (χ4v) is 4.94. The molecule has 1 aliphatic rings. The van der Waals surface area contributed by atoms with Crippen LogP contribution in [-0.2, 0) is 19.6 Å². The first-order chi connectivity index (χ1) is 16.8. The smallest absolute Gasteiger partial charge is 0.283 e. The first-order valence-electron chi connectivity index (χ1n) is 10.4. The summed E-state index contributed by atoms with van der Waals surface area (Å²) >= 11 is 6.26. The van der Waals surface area contributed by atoms with Crippen LogP contribution in [0.2, 0.25) is 0 Å². The van der Waals surface area contributed by atoms with Gasteiger partial charge in [-0.15, -0.1) is 0 Å². The molecule has 0 aliphatic carbocycles. The average molecular weight is 505 g/mol. The van der Waals surface area contributed by atoms with Crippen molar-refractivity contribution in [3.63, 3.8) is 0 Å². The number of carbonyl (C=O) groups is 2. The van der Waals surface area contributed by atoms with Crippen molar-refractivity contribution in [2.24, 2.45) is 0 Å². The van der Waals surface area contributed by atoms with E-state index in [1.54, 1.807) is 24.3 Å². The number of pyridine rings is 1. The Bertz CT molecular complexity index is 1600. The van der Waals surface area contributed by atoms with Gasteiger partial charge >= 0.3 is 0 Å². The summed E-state index contributed by atoms with van der Waals surface area (Å²) in [5.74, 6) is -1.06. The van der Waals surface area contributed by atoms with Gasteiger partial charge in [0.05, 0.1) is 10.6 Å². The number of carbonyl (C=O) groups excluding carboxylic acids is 2. The molecular weight excluding hydrogens is 488 g/mol. The van der Waals surface area contributed by atoms with Gasteiger partial charge in [-0.05, 0) is 47.9 Å². The zero-order valence-electron chi connectivity index (χ0n) is 18.0. The number of hydrogen-bond donors (Lipinski definition) is 2. The average Bonchev–Trinajstić information content (AvgIpc) is 3.07. The monoisotopic (exact) mass is 504 g/mol. The number of nitrogens with zero attached hydrogens (tertiary/aromatic N) is 2. The summed E-state index contributed by atoms with van der Waals surface area (Å²) in [6, 6.07) is 23.3. The summed E-state index contributed by atoms with van der Waals surface area (Å²) in [6.45, 7) is 0. The van der Waals surface area contributed by atoms with E-state index in [-0.39, 0.29) is 21.4 Å². The van der Waals surface area contributed by atoms with E-state index in [1.165, 1.54) is 36.5 Å². The molecular formula is C25H17ClN4O4S. The molecule has 0 fully saturated rings. The lowest BCUT2D eigenvalue weighted by Crippen LogP contribution is -2.32. The fourth-order valence-electron chi connectivity index (χ4n) is 3.71. The lowest BCUT2D eigenvalue weighted by atomic mass is 10.1. The van der Waals surface area contributed by atoms with E-state index in [9.17, 15) is 18.0 Å². The second-order valence-electron chi connectivity index (χ2n) is 7.60. The van der Waals surface area contributed by atoms with Crippen LogP contribution < -0.4 is 14.9 Å². The molecule has 0 saturated carbocycles. The number of aromatic nitrogens is 1. The van der Waals surface area contributed by atoms with Crippen LogP contribution in [0.15, 0.2) is 107 Å². The number of halogens is 1. The second-order valence-corrected chi connectivity index (χ2v) is 9.66. The summed E-state index contributed by atoms with van der Waals surface area (Å²) in [6.07, 6.45) is 1.48. The highest BCUT2D eigenvalue weighted by molar-refractivity contribution is 7.92. The number of benzene rings is 3. The van der Waals surface area contributed by atoms with Crippen LogP contribution in [-0.4, -0.2) is 25.2 Å². The summed E-state index contributed by atoms with van der Waals surface area (Å²) in [7, 11) is -3.86. The molecule has 174 valence electrons. The highest BCUT2D eigenvalue weighted by atomic mass is 35.5. The van der Waals surface area contributed by atoms with Gasteiger partial charge in [-0.1, -0.05) is 54.1 Å². The zero-order chi connectivity index (χ0) is 24.6. The van der Waals surface area contributed by atoms with E-state index in [1.807, 2.05) is 30.3 Å². The van der Waals surface area contributed by atoms with Gasteiger partial charge in [0.15, 0.2) is 0 Å². The van der Waals surface area contributed by atoms with Crippen molar-refractivity contribution < 1.29 is 18.0 Å². The number of anilines is 3. The van der Waals surface area contributed by atoms with Gasteiger partial charge in [0.25, 0.3) is 21.8 Å². The van der Waals surface area contributed by atoms with Crippen molar-refractivity contribution in [2.75, 3.05) is 14.9 Å². The number of fused-ring (bicyclic) bond motifs is 1. The maximum absolute atomic E-state index is 13.2. The van der Waals surface area contributed by atoms with Crippen LogP contribution in [0, 0.1) is 0 Å². The van der Waals surface area contributed by atoms with Gasteiger partial charge in [0, 0.05) is 17.3 Å². The summed E-state index contributed by atoms with van der Waals surface area (Å²) in [5, 5.41) is 4.21. The molecule has 0 bridgehead atoms. The molecule has 1 aromatic heterocycles. The predicted octanol–water partition coefficient (Wildman–Crippen LogP) is 4.47. The molecule has 2 amide bonds. The normalized spacial score (nSPS) is 14.0. The largest absolute Gasteiger partial charge is 0.350 e. The Kier molecular flexibility index (Phi) is 5.72. The first kappa shape index (κ1) is 22.6. The van der Waals surface area contributed by atoms with Crippen LogP contribution in [0.3, 0.4) is 0 Å². The summed E-state index contributed by atoms with van der Waals surface area (Å²) < 4.78 is 27.6. The number of rotatable bonds is 6. The molecule has 2 heterocycles. The highest BCUT2D eigenvalue weighted by Gasteiger charge is 2.39. The molecule has 0 atom stereocenters. The minimum absolute atomic E-state index is 0.0000126. The third-order valence-electron chi connectivity index (χ3n) is 5.37. The Balaban J connectivity index is 1.38. The third-order valence-corrected chi connectivity index (χ3v) is 7.09. The van der Waals surface area contributed by atoms with Gasteiger partial charge in [-0.3, -0.25) is 14.3 Å². The SMILES string of the molecule is O=C1C(Cl)=C(Nc2ccc(S(=O)(=O)Nc3ccccn3)cc2)C(=O)N1c1cccc2ccccc12. The van der Waals surface area contributed by atoms with E-state index < -0.39 is 21.8 Å². The molecule has 4 aromatic rings. The standard InChI is InChI=1S/C25H17ClN4O4S/c26-22-23(25(32)30(24(22)31)20-9-5-7-16-6-1-2-8-19(16)20)28-17-11-13-18(14-12-17)35(33,34)29-21-10-3-4-15-27-21/h1-15,28H,(H,27,29). The molecule has 35 heavy (non-hydrogen) atoms. The minimum atomic E-state index is -3.86. The number of sulfonamides is 1. The predicted molar refractivity (Wildman–Crippen MR) is 134 cm³/mol. The molecule has 5 rings (SSSR count). The number of amides is 2. The van der Waals surface area contributed by atoms with Crippen LogP contribution in [0.25, 0.3) is 10.8 Å². The van der Waals surface area contributed by atoms with Gasteiger partial charge < -0.3 is 5.32 Å². The zero-order valence-corrected chi connectivity index (χ0v) is 19.5. The molecule has 2 N–H and O–H groups in total. The highest BCUT2D eigenvalue weighted by Crippen LogP contribution is 2.34. The quantitative estimate of drug-likeness (QED) is 0.375. The van der Waals surface area contributed by atoms with E-state index in [4.69, 9.17) is 11.6 Å². The van der Waals surface area contributed by atoms with E-state index in [0.29, 0.717) is 11.4 Å². The lowest BCUT2D eigenvalue weighted by Gasteiger charge is -2.17. The van der Waals surface area contributed by atoms with Crippen molar-refractivity contribution in [2.45, 2.75) is 4.90 Å². The molecule has 0 spiro atoms. The number of nitrogens with one attached hydrogen (secondary N) is 2. The minimum Gasteiger partial charge on any atom is -0.350 e. The van der Waals surface area contributed by atoms with Crippen LogP contribution >= 0.6 is 11.6 Å². The van der Waals surface area contributed by atoms with Crippen molar-refractivity contribution in [3.8, 4) is 0 Å². The summed E-state index contributed by atoms with van der Waals surface area (Å²) in [4.78, 5) is 31.1. The van der Waals surface area contributed by atoms with Gasteiger partial charge in [0.2, 0.25) is 0 Å². The molecule has 0 unspecified atom stereocenters. The molecule has 0 saturated heterocycles. The number of hydrogen-bond acceptors (Lipinski definition) is 6. The third kappa shape index (κ3) is 4.23. The maximum Gasteiger partial charge on any atom is 0.283 e. The molecule has 3 aromatic carbocycles. The molecule has 0 radical (unpaired) electrons. The van der Waals surface area contributed by atoms with Crippen LogP contribution in [0.1, 0.15) is 0 Å². The second kappa shape index (κ2) is 8.86. The van der Waals surface area contributed by atoms with Crippen molar-refractivity contribution in [1.82, 2.24) is 4.98 Å². The Morgan fingerprint density at radius 2 is 1.51 bits per heavy atom. The van der Waals surface area contributed by atoms with Crippen LogP contribution in [0.4, 0.5) is 17.2 Å². The van der Waals surface area contributed by atoms with Crippen molar-refractivity contribution in [3.05, 3.63) is 102 Å². The molecule has 1 aliphatic heterocycles. The van der Waals surface area contributed by atoms with E-state index >= 15 is 0 Å². The van der Waals surface area contributed by atoms with E-state index in [0.717, 1.165) is 15.7 Å². The van der Waals surface area contributed by atoms with Crippen molar-refractivity contribution in [1.29, 1.82) is 0 Å². The number of imide groups is 1. The Morgan fingerprint density at radius 3 is 2.26 bits per heavy atom. The Labute approximate surface area is 205 Å². The lowest BCUT2D eigenvalue weighted by molar-refractivity contribution is -0.120. The topological polar surface area (TPSA) is 108 Å². The van der Waals surface area contributed by atoms with Gasteiger partial charge in [-0.25, -0.2) is 18.3 Å². The Hall–Kier alpha value is -4.21. The van der Waals surface area contributed by atoms with Gasteiger partial charge in [-0.2, -0.15) is 0 Å².